The molecule has 0 rings (SSSR count). The second kappa shape index (κ2) is 17.7. The summed E-state index contributed by atoms with van der Waals surface area (Å²) in [6, 6.07) is 0. The van der Waals surface area contributed by atoms with Crippen molar-refractivity contribution in [1.82, 2.24) is 0 Å². The predicted octanol–water partition coefficient (Wildman–Crippen LogP) is 3.66. The fourth-order valence-corrected chi connectivity index (χ4v) is 0.518. The van der Waals surface area contributed by atoms with Gasteiger partial charge in [-0.15, -0.1) is 0 Å². The van der Waals surface area contributed by atoms with Crippen molar-refractivity contribution >= 4 is 6.72 Å². The molecule has 2 heteroatoms. The molecule has 0 aromatic rings. The average Bonchev–Trinajstić information content (AvgIpc) is 2.30. The third-order valence-corrected chi connectivity index (χ3v) is 1.43. The minimum Gasteiger partial charge on any atom is -0.399 e. The number of allylic oxidation sites excluding steroid dienone is 4. The summed E-state index contributed by atoms with van der Waals surface area (Å²) in [6.07, 6.45) is 6.43. The first-order valence-electron chi connectivity index (χ1n) is 4.82. The van der Waals surface area contributed by atoms with E-state index in [2.05, 4.69) is 20.2 Å². The van der Waals surface area contributed by atoms with Crippen LogP contribution in [0.5, 0.6) is 0 Å². The Hall–Kier alpha value is -1.31. The summed E-state index contributed by atoms with van der Waals surface area (Å²) in [5.74, 6) is 0. The molecule has 0 fully saturated rings. The highest BCUT2D eigenvalue weighted by Gasteiger charge is 1.87. The smallest absolute Gasteiger partial charge is 0.0302 e. The summed E-state index contributed by atoms with van der Waals surface area (Å²) in [7, 11) is 0. The molecular formula is C12H24N2. The Balaban J connectivity index is -0.000000266. The molecule has 0 heterocycles. The highest BCUT2D eigenvalue weighted by Crippen LogP contribution is 2.02. The zero-order valence-corrected chi connectivity index (χ0v) is 9.93. The molecular weight excluding hydrogens is 172 g/mol. The second-order valence-electron chi connectivity index (χ2n) is 2.18. The van der Waals surface area contributed by atoms with E-state index in [1.165, 1.54) is 5.57 Å². The predicted molar refractivity (Wildman–Crippen MR) is 67.7 cm³/mol. The van der Waals surface area contributed by atoms with Crippen LogP contribution in [0.4, 0.5) is 0 Å². The molecule has 2 nitrogen and oxygen atoms in total. The van der Waals surface area contributed by atoms with Gasteiger partial charge < -0.3 is 11.1 Å². The molecule has 0 unspecified atom stereocenters. The van der Waals surface area contributed by atoms with Gasteiger partial charge in [-0.1, -0.05) is 45.1 Å². The number of hydrogen-bond acceptors (Lipinski definition) is 2. The fourth-order valence-electron chi connectivity index (χ4n) is 0.518. The van der Waals surface area contributed by atoms with Gasteiger partial charge in [0.15, 0.2) is 0 Å². The molecule has 0 aliphatic rings. The quantitative estimate of drug-likeness (QED) is 0.525. The number of rotatable bonds is 3. The topological polar surface area (TPSA) is 49.9 Å². The van der Waals surface area contributed by atoms with E-state index >= 15 is 0 Å². The van der Waals surface area contributed by atoms with Gasteiger partial charge in [-0.2, -0.15) is 0 Å². The van der Waals surface area contributed by atoms with Gasteiger partial charge in [0, 0.05) is 5.70 Å². The van der Waals surface area contributed by atoms with E-state index in [0.29, 0.717) is 0 Å². The molecule has 0 aromatic carbocycles. The standard InChI is InChI=1S/C9H15N.C2H6.CH3N/c1-4-6-7-9(10)8(3)5-2;2*1-2/h4,6-7H,1,5,10H2,2-3H3;1-2H3;2H,1H2/b7-6-,9-8+;;. The van der Waals surface area contributed by atoms with Gasteiger partial charge in [0.25, 0.3) is 0 Å². The second-order valence-corrected chi connectivity index (χ2v) is 2.18. The molecule has 0 amide bonds. The minimum atomic E-state index is 0.849. The maximum atomic E-state index is 5.66. The van der Waals surface area contributed by atoms with Gasteiger partial charge in [-0.05, 0) is 26.1 Å². The van der Waals surface area contributed by atoms with Gasteiger partial charge in [-0.25, -0.2) is 0 Å². The van der Waals surface area contributed by atoms with E-state index in [4.69, 9.17) is 11.1 Å². The summed E-state index contributed by atoms with van der Waals surface area (Å²) in [6.45, 7) is 14.2. The maximum Gasteiger partial charge on any atom is 0.0302 e. The largest absolute Gasteiger partial charge is 0.399 e. The summed E-state index contributed by atoms with van der Waals surface area (Å²) in [4.78, 5) is 0. The number of nitrogens with two attached hydrogens (primary N) is 1. The van der Waals surface area contributed by atoms with Crippen molar-refractivity contribution in [3.05, 3.63) is 36.1 Å². The summed E-state index contributed by atoms with van der Waals surface area (Å²) < 4.78 is 0. The van der Waals surface area contributed by atoms with Gasteiger partial charge in [0.2, 0.25) is 0 Å². The fraction of sp³-hybridized carbons (Fsp3) is 0.417. The Morgan fingerprint density at radius 3 is 2.07 bits per heavy atom. The first-order chi connectivity index (χ1) is 6.72. The summed E-state index contributed by atoms with van der Waals surface area (Å²) in [5.41, 5.74) is 7.73. The van der Waals surface area contributed by atoms with Crippen LogP contribution in [0.15, 0.2) is 36.1 Å². The molecule has 0 aliphatic carbocycles. The van der Waals surface area contributed by atoms with Crippen molar-refractivity contribution in [1.29, 1.82) is 5.41 Å². The summed E-state index contributed by atoms with van der Waals surface area (Å²) >= 11 is 0. The van der Waals surface area contributed by atoms with E-state index in [1.807, 2.05) is 32.9 Å². The lowest BCUT2D eigenvalue weighted by atomic mass is 10.2. The van der Waals surface area contributed by atoms with Crippen LogP contribution in [0.2, 0.25) is 0 Å². The van der Waals surface area contributed by atoms with E-state index in [1.54, 1.807) is 6.08 Å². The normalized spacial score (nSPS) is 10.3. The van der Waals surface area contributed by atoms with Gasteiger partial charge in [0.1, 0.15) is 0 Å². The lowest BCUT2D eigenvalue weighted by Crippen LogP contribution is -1.96. The van der Waals surface area contributed by atoms with Crippen LogP contribution in [0.1, 0.15) is 34.1 Å². The number of hydrogen-bond donors (Lipinski definition) is 2. The molecule has 14 heavy (non-hydrogen) atoms. The Kier molecular flexibility index (Phi) is 23.3. The molecule has 82 valence electrons. The first-order valence-corrected chi connectivity index (χ1v) is 4.82. The lowest BCUT2D eigenvalue weighted by molar-refractivity contribution is 1.06. The highest BCUT2D eigenvalue weighted by molar-refractivity contribution is 5.23. The van der Waals surface area contributed by atoms with E-state index in [0.717, 1.165) is 12.1 Å². The van der Waals surface area contributed by atoms with Gasteiger partial charge >= 0.3 is 0 Å². The molecule has 0 saturated carbocycles. The van der Waals surface area contributed by atoms with Crippen molar-refractivity contribution in [3.63, 3.8) is 0 Å². The van der Waals surface area contributed by atoms with Crippen molar-refractivity contribution in [3.8, 4) is 0 Å². The molecule has 0 aliphatic heterocycles. The van der Waals surface area contributed by atoms with Crippen LogP contribution in [-0.4, -0.2) is 6.72 Å². The third-order valence-electron chi connectivity index (χ3n) is 1.43. The van der Waals surface area contributed by atoms with E-state index in [9.17, 15) is 0 Å². The van der Waals surface area contributed by atoms with Crippen LogP contribution in [0.25, 0.3) is 0 Å². The molecule has 3 N–H and O–H groups in total. The van der Waals surface area contributed by atoms with Crippen LogP contribution in [0, 0.1) is 5.41 Å². The summed E-state index contributed by atoms with van der Waals surface area (Å²) in [5, 5.41) is 5.50. The van der Waals surface area contributed by atoms with Gasteiger partial charge in [0.05, 0.1) is 0 Å². The Labute approximate surface area is 88.7 Å². The van der Waals surface area contributed by atoms with Crippen LogP contribution < -0.4 is 5.73 Å². The molecule has 0 aromatic heterocycles. The van der Waals surface area contributed by atoms with E-state index in [-0.39, 0.29) is 0 Å². The average molecular weight is 196 g/mol. The number of nitrogens with one attached hydrogen (secondary N) is 1. The molecule has 0 radical (unpaired) electrons. The zero-order valence-electron chi connectivity index (χ0n) is 9.93. The zero-order chi connectivity index (χ0) is 12.0. The van der Waals surface area contributed by atoms with Crippen molar-refractivity contribution in [2.75, 3.05) is 0 Å². The van der Waals surface area contributed by atoms with Gasteiger partial charge in [-0.3, -0.25) is 0 Å². The molecule has 0 spiro atoms. The van der Waals surface area contributed by atoms with Crippen LogP contribution in [-0.2, 0) is 0 Å². The van der Waals surface area contributed by atoms with Crippen LogP contribution >= 0.6 is 0 Å². The van der Waals surface area contributed by atoms with Crippen molar-refractivity contribution < 1.29 is 0 Å². The third kappa shape index (κ3) is 13.3. The lowest BCUT2D eigenvalue weighted by Gasteiger charge is -1.97. The highest BCUT2D eigenvalue weighted by atomic mass is 14.6. The van der Waals surface area contributed by atoms with E-state index < -0.39 is 0 Å². The minimum absolute atomic E-state index is 0.849. The Morgan fingerprint density at radius 2 is 1.79 bits per heavy atom. The molecule has 0 bridgehead atoms. The van der Waals surface area contributed by atoms with Crippen molar-refractivity contribution in [2.45, 2.75) is 34.1 Å². The SMILES string of the molecule is C=C/C=C\C(N)=C(\C)CC.C=N.CC. The van der Waals surface area contributed by atoms with Crippen molar-refractivity contribution in [2.24, 2.45) is 5.73 Å². The maximum absolute atomic E-state index is 5.66. The Bertz CT molecular complexity index is 179. The first kappa shape index (κ1) is 18.5. The Morgan fingerprint density at radius 1 is 1.36 bits per heavy atom. The monoisotopic (exact) mass is 196 g/mol. The van der Waals surface area contributed by atoms with Crippen LogP contribution in [0.3, 0.4) is 0 Å². The molecule has 0 saturated heterocycles. The molecule has 0 atom stereocenters.